The molecule has 0 aliphatic carbocycles. The second-order valence-electron chi connectivity index (χ2n) is 9.82. The highest BCUT2D eigenvalue weighted by Gasteiger charge is 2.35. The van der Waals surface area contributed by atoms with Crippen LogP contribution in [0.2, 0.25) is 0 Å². The minimum atomic E-state index is -0.956. The highest BCUT2D eigenvalue weighted by Crippen LogP contribution is 2.14. The van der Waals surface area contributed by atoms with Gasteiger partial charge in [-0.15, -0.1) is 0 Å². The Morgan fingerprint density at radius 3 is 2.61 bits per heavy atom. The Labute approximate surface area is 222 Å². The van der Waals surface area contributed by atoms with Gasteiger partial charge in [-0.05, 0) is 36.8 Å². The van der Waals surface area contributed by atoms with Gasteiger partial charge in [0.1, 0.15) is 23.5 Å². The second kappa shape index (κ2) is 14.8. The Morgan fingerprint density at radius 1 is 1.21 bits per heavy atom. The number of hydrogen-bond donors (Lipinski definition) is 3. The van der Waals surface area contributed by atoms with Gasteiger partial charge >= 0.3 is 5.97 Å². The van der Waals surface area contributed by atoms with Gasteiger partial charge in [0.05, 0.1) is 6.04 Å². The maximum atomic E-state index is 13.2. The molecule has 2 rings (SSSR count). The minimum absolute atomic E-state index is 0.0180. The summed E-state index contributed by atoms with van der Waals surface area (Å²) in [5, 5.41) is 15.6. The molecule has 1 aromatic rings. The molecule has 206 valence electrons. The number of rotatable bonds is 12. The smallest absolute Gasteiger partial charge is 0.357 e. The van der Waals surface area contributed by atoms with E-state index >= 15 is 0 Å². The predicted molar refractivity (Wildman–Crippen MR) is 136 cm³/mol. The molecule has 0 bridgehead atoms. The summed E-state index contributed by atoms with van der Waals surface area (Å²) < 4.78 is 5.07. The lowest BCUT2D eigenvalue weighted by molar-refractivity contribution is -0.147. The third kappa shape index (κ3) is 9.23. The molecular formula is C26H36N6O6. The standard InChI is InChI=1S/C26H36N6O6/c1-16(2)13-22(34)28-12-10-23(35)32-20(9-6-11-29-32)25(36)31-24(17(3)4)21(33)15-38-26(37)19-8-5-7-18(14-27)30-19/h5,7-8,16-17,20,24,29H,6,9-13,15H2,1-4H3,(H,28,34)(H,31,36)/t20-,24+/m0/s1. The Morgan fingerprint density at radius 2 is 1.95 bits per heavy atom. The van der Waals surface area contributed by atoms with Crippen LogP contribution in [0, 0.1) is 23.2 Å². The van der Waals surface area contributed by atoms with Gasteiger partial charge in [-0.1, -0.05) is 33.8 Å². The molecule has 1 aliphatic heterocycles. The number of ether oxygens (including phenoxy) is 1. The van der Waals surface area contributed by atoms with Crippen molar-refractivity contribution in [3.8, 4) is 6.07 Å². The van der Waals surface area contributed by atoms with E-state index in [1.54, 1.807) is 13.8 Å². The van der Waals surface area contributed by atoms with Gasteiger partial charge in [0.25, 0.3) is 0 Å². The molecule has 1 saturated heterocycles. The molecule has 2 atom stereocenters. The van der Waals surface area contributed by atoms with Crippen molar-refractivity contribution in [1.29, 1.82) is 5.26 Å². The zero-order valence-corrected chi connectivity index (χ0v) is 22.3. The third-order valence-corrected chi connectivity index (χ3v) is 5.80. The number of hydrogen-bond acceptors (Lipinski definition) is 9. The average Bonchev–Trinajstić information content (AvgIpc) is 2.89. The van der Waals surface area contributed by atoms with Gasteiger partial charge < -0.3 is 15.4 Å². The van der Waals surface area contributed by atoms with E-state index in [0.717, 1.165) is 0 Å². The summed E-state index contributed by atoms with van der Waals surface area (Å²) in [6.45, 7) is 7.41. The van der Waals surface area contributed by atoms with Crippen LogP contribution in [0.15, 0.2) is 18.2 Å². The summed E-state index contributed by atoms with van der Waals surface area (Å²) in [6.07, 6.45) is 1.44. The highest BCUT2D eigenvalue weighted by molar-refractivity contribution is 5.95. The van der Waals surface area contributed by atoms with Gasteiger partial charge in [-0.25, -0.2) is 15.2 Å². The van der Waals surface area contributed by atoms with Crippen molar-refractivity contribution in [2.75, 3.05) is 19.7 Å². The van der Waals surface area contributed by atoms with Crippen LogP contribution >= 0.6 is 0 Å². The lowest BCUT2D eigenvalue weighted by Crippen LogP contribution is -2.61. The van der Waals surface area contributed by atoms with Crippen molar-refractivity contribution in [1.82, 2.24) is 26.1 Å². The van der Waals surface area contributed by atoms with Gasteiger partial charge in [0, 0.05) is 25.9 Å². The highest BCUT2D eigenvalue weighted by atomic mass is 16.5. The van der Waals surface area contributed by atoms with Crippen LogP contribution in [0.1, 0.15) is 69.6 Å². The molecule has 3 amide bonds. The second-order valence-corrected chi connectivity index (χ2v) is 9.82. The van der Waals surface area contributed by atoms with E-state index in [4.69, 9.17) is 10.00 Å². The molecule has 0 saturated carbocycles. The number of pyridine rings is 1. The molecule has 3 N–H and O–H groups in total. The Kier molecular flexibility index (Phi) is 11.8. The monoisotopic (exact) mass is 528 g/mol. The fourth-order valence-corrected chi connectivity index (χ4v) is 3.90. The number of esters is 1. The summed E-state index contributed by atoms with van der Waals surface area (Å²) in [7, 11) is 0. The first-order chi connectivity index (χ1) is 18.0. The first kappa shape index (κ1) is 30.4. The Hall–Kier alpha value is -3.85. The first-order valence-corrected chi connectivity index (χ1v) is 12.7. The summed E-state index contributed by atoms with van der Waals surface area (Å²) in [5.74, 6) is -2.48. The molecule has 12 nitrogen and oxygen atoms in total. The molecule has 0 aromatic carbocycles. The van der Waals surface area contributed by atoms with Crippen molar-refractivity contribution >= 4 is 29.5 Å². The maximum absolute atomic E-state index is 13.2. The van der Waals surface area contributed by atoms with E-state index in [9.17, 15) is 24.0 Å². The van der Waals surface area contributed by atoms with Crippen molar-refractivity contribution in [2.45, 2.75) is 65.5 Å². The third-order valence-electron chi connectivity index (χ3n) is 5.80. The average molecular weight is 529 g/mol. The zero-order valence-electron chi connectivity index (χ0n) is 22.3. The van der Waals surface area contributed by atoms with Gasteiger partial charge in [-0.3, -0.25) is 24.2 Å². The van der Waals surface area contributed by atoms with E-state index in [1.807, 2.05) is 19.9 Å². The molecule has 12 heteroatoms. The zero-order chi connectivity index (χ0) is 28.2. The lowest BCUT2D eigenvalue weighted by Gasteiger charge is -2.36. The number of nitriles is 1. The van der Waals surface area contributed by atoms with E-state index in [1.165, 1.54) is 23.2 Å². The van der Waals surface area contributed by atoms with E-state index in [2.05, 4.69) is 21.0 Å². The molecule has 1 aromatic heterocycles. The van der Waals surface area contributed by atoms with Crippen molar-refractivity contribution in [3.63, 3.8) is 0 Å². The number of Topliss-reactive ketones (excluding diaryl/α,β-unsaturated/α-hetero) is 1. The minimum Gasteiger partial charge on any atom is -0.453 e. The fraction of sp³-hybridized carbons (Fsp3) is 0.577. The number of aromatic nitrogens is 1. The SMILES string of the molecule is CC(C)CC(=O)NCCC(=O)N1NCCC[C@H]1C(=O)N[C@@H](C(=O)COC(=O)c1cccc(C#N)n1)C(C)C. The predicted octanol–water partition coefficient (Wildman–Crippen LogP) is 0.868. The number of carbonyl (C=O) groups excluding carboxylic acids is 5. The molecule has 0 spiro atoms. The van der Waals surface area contributed by atoms with Crippen molar-refractivity contribution < 1.29 is 28.7 Å². The quantitative estimate of drug-likeness (QED) is 0.333. The first-order valence-electron chi connectivity index (χ1n) is 12.7. The molecule has 38 heavy (non-hydrogen) atoms. The molecule has 0 radical (unpaired) electrons. The lowest BCUT2D eigenvalue weighted by atomic mass is 9.98. The largest absolute Gasteiger partial charge is 0.453 e. The van der Waals surface area contributed by atoms with Crippen LogP contribution in [0.5, 0.6) is 0 Å². The summed E-state index contributed by atoms with van der Waals surface area (Å²) in [5.41, 5.74) is 2.88. The summed E-state index contributed by atoms with van der Waals surface area (Å²) >= 11 is 0. The van der Waals surface area contributed by atoms with Crippen LogP contribution in [0.25, 0.3) is 0 Å². The Balaban J connectivity index is 1.96. The van der Waals surface area contributed by atoms with E-state index in [-0.39, 0.29) is 48.0 Å². The molecular weight excluding hydrogens is 492 g/mol. The number of ketones is 1. The number of nitrogens with zero attached hydrogens (tertiary/aromatic N) is 3. The fourth-order valence-electron chi connectivity index (χ4n) is 3.90. The number of amides is 3. The topological polar surface area (TPSA) is 171 Å². The van der Waals surface area contributed by atoms with Gasteiger partial charge in [0.2, 0.25) is 17.7 Å². The number of carbonyl (C=O) groups is 5. The number of nitrogens with one attached hydrogen (secondary N) is 3. The molecule has 1 fully saturated rings. The maximum Gasteiger partial charge on any atom is 0.357 e. The van der Waals surface area contributed by atoms with Crippen LogP contribution < -0.4 is 16.1 Å². The van der Waals surface area contributed by atoms with Gasteiger partial charge in [0.15, 0.2) is 12.4 Å². The molecule has 0 unspecified atom stereocenters. The number of hydrazine groups is 1. The van der Waals surface area contributed by atoms with Crippen molar-refractivity contribution in [2.24, 2.45) is 11.8 Å². The van der Waals surface area contributed by atoms with Gasteiger partial charge in [-0.2, -0.15) is 5.26 Å². The van der Waals surface area contributed by atoms with Crippen LogP contribution in [0.4, 0.5) is 0 Å². The summed E-state index contributed by atoms with van der Waals surface area (Å²) in [6, 6.07) is 4.31. The summed E-state index contributed by atoms with van der Waals surface area (Å²) in [4.78, 5) is 66.8. The molecule has 2 heterocycles. The van der Waals surface area contributed by atoms with E-state index < -0.39 is 36.4 Å². The van der Waals surface area contributed by atoms with Crippen LogP contribution in [0.3, 0.4) is 0 Å². The normalized spacial score (nSPS) is 15.9. The van der Waals surface area contributed by atoms with Crippen LogP contribution in [-0.2, 0) is 23.9 Å². The van der Waals surface area contributed by atoms with Crippen LogP contribution in [-0.4, -0.2) is 71.2 Å². The van der Waals surface area contributed by atoms with Crippen molar-refractivity contribution in [3.05, 3.63) is 29.6 Å². The molecule has 1 aliphatic rings. The van der Waals surface area contributed by atoms with E-state index in [0.29, 0.717) is 25.8 Å². The Bertz CT molecular complexity index is 1070.